The van der Waals surface area contributed by atoms with Gasteiger partial charge in [0.15, 0.2) is 6.79 Å². The van der Waals surface area contributed by atoms with E-state index in [9.17, 15) is 14.7 Å². The number of alkyl halides is 1. The summed E-state index contributed by atoms with van der Waals surface area (Å²) < 4.78 is 10.1. The van der Waals surface area contributed by atoms with Crippen LogP contribution in [-0.2, 0) is 9.53 Å². The summed E-state index contributed by atoms with van der Waals surface area (Å²) in [5, 5.41) is 11.8. The molecule has 0 unspecified atom stereocenters. The van der Waals surface area contributed by atoms with E-state index < -0.39 is 10.5 Å². The molecule has 7 heteroatoms. The van der Waals surface area contributed by atoms with Crippen LogP contribution in [0.2, 0.25) is 0 Å². The summed E-state index contributed by atoms with van der Waals surface area (Å²) in [4.78, 5) is 22.8. The highest BCUT2D eigenvalue weighted by Gasteiger charge is 2.16. The smallest absolute Gasteiger partial charge is 0.339 e. The van der Waals surface area contributed by atoms with Crippen LogP contribution in [0.15, 0.2) is 30.4 Å². The molecule has 0 aliphatic carbocycles. The molecule has 0 spiro atoms. The SMILES string of the molecule is C=C(C)C(=O)Nc1ccc(OCOC(C)(C)Br)c(C(=O)O)c1. The van der Waals surface area contributed by atoms with Crippen molar-refractivity contribution in [2.45, 2.75) is 25.3 Å². The maximum atomic E-state index is 11.5. The first-order chi connectivity index (χ1) is 10.1. The highest BCUT2D eigenvalue weighted by atomic mass is 79.9. The number of ether oxygens (including phenoxy) is 2. The Labute approximate surface area is 137 Å². The number of amides is 1. The van der Waals surface area contributed by atoms with Crippen LogP contribution in [0, 0.1) is 0 Å². The maximum absolute atomic E-state index is 11.5. The molecule has 0 aliphatic heterocycles. The van der Waals surface area contributed by atoms with Crippen LogP contribution in [-0.4, -0.2) is 28.3 Å². The minimum Gasteiger partial charge on any atom is -0.478 e. The van der Waals surface area contributed by atoms with Crippen molar-refractivity contribution in [3.8, 4) is 5.75 Å². The van der Waals surface area contributed by atoms with Crippen LogP contribution in [0.25, 0.3) is 0 Å². The van der Waals surface area contributed by atoms with E-state index in [2.05, 4.69) is 27.8 Å². The lowest BCUT2D eigenvalue weighted by Gasteiger charge is -2.18. The van der Waals surface area contributed by atoms with E-state index in [-0.39, 0.29) is 24.0 Å². The van der Waals surface area contributed by atoms with Gasteiger partial charge in [-0.2, -0.15) is 0 Å². The molecule has 0 atom stereocenters. The van der Waals surface area contributed by atoms with Crippen LogP contribution in [0.3, 0.4) is 0 Å². The number of hydrogen-bond donors (Lipinski definition) is 2. The van der Waals surface area contributed by atoms with Crippen LogP contribution in [0.1, 0.15) is 31.1 Å². The fraction of sp³-hybridized carbons (Fsp3) is 0.333. The predicted molar refractivity (Wildman–Crippen MR) is 86.4 cm³/mol. The molecular formula is C15H18BrNO5. The second-order valence-electron chi connectivity index (χ2n) is 5.02. The van der Waals surface area contributed by atoms with Crippen molar-refractivity contribution in [3.05, 3.63) is 35.9 Å². The number of anilines is 1. The van der Waals surface area contributed by atoms with Crippen LogP contribution < -0.4 is 10.1 Å². The summed E-state index contributed by atoms with van der Waals surface area (Å²) in [5.41, 5.74) is 0.597. The molecule has 0 saturated heterocycles. The van der Waals surface area contributed by atoms with Gasteiger partial charge in [-0.05, 0) is 39.0 Å². The summed E-state index contributed by atoms with van der Waals surface area (Å²) in [7, 11) is 0. The summed E-state index contributed by atoms with van der Waals surface area (Å²) in [5.74, 6) is -1.40. The minimum absolute atomic E-state index is 0.0736. The molecule has 1 aromatic carbocycles. The highest BCUT2D eigenvalue weighted by molar-refractivity contribution is 9.10. The molecule has 0 fully saturated rings. The number of nitrogens with one attached hydrogen (secondary N) is 1. The van der Waals surface area contributed by atoms with Crippen molar-refractivity contribution < 1.29 is 24.2 Å². The number of hydrogen-bond acceptors (Lipinski definition) is 4. The van der Waals surface area contributed by atoms with Crippen molar-refractivity contribution in [3.63, 3.8) is 0 Å². The van der Waals surface area contributed by atoms with Gasteiger partial charge in [0.25, 0.3) is 5.91 Å². The molecule has 0 aliphatic rings. The largest absolute Gasteiger partial charge is 0.478 e. The first kappa shape index (κ1) is 18.2. The first-order valence-corrected chi connectivity index (χ1v) is 7.19. The summed E-state index contributed by atoms with van der Waals surface area (Å²) in [6, 6.07) is 4.32. The lowest BCUT2D eigenvalue weighted by atomic mass is 10.1. The zero-order valence-corrected chi connectivity index (χ0v) is 14.2. The number of carbonyl (C=O) groups excluding carboxylic acids is 1. The van der Waals surface area contributed by atoms with E-state index in [1.54, 1.807) is 26.8 Å². The topological polar surface area (TPSA) is 84.9 Å². The van der Waals surface area contributed by atoms with Crippen molar-refractivity contribution >= 4 is 33.5 Å². The molecule has 1 rings (SSSR count). The lowest BCUT2D eigenvalue weighted by Crippen LogP contribution is -2.19. The Kier molecular flexibility index (Phi) is 6.13. The Hall–Kier alpha value is -1.86. The average Bonchev–Trinajstić information content (AvgIpc) is 2.38. The third-order valence-corrected chi connectivity index (χ3v) is 2.70. The Morgan fingerprint density at radius 1 is 1.41 bits per heavy atom. The predicted octanol–water partition coefficient (Wildman–Crippen LogP) is 3.38. The monoisotopic (exact) mass is 371 g/mol. The van der Waals surface area contributed by atoms with Crippen LogP contribution >= 0.6 is 15.9 Å². The molecule has 0 heterocycles. The quantitative estimate of drug-likeness (QED) is 0.436. The zero-order valence-electron chi connectivity index (χ0n) is 12.6. The van der Waals surface area contributed by atoms with E-state index in [1.165, 1.54) is 12.1 Å². The normalized spacial score (nSPS) is 10.9. The minimum atomic E-state index is -1.17. The molecule has 1 aromatic rings. The van der Waals surface area contributed by atoms with Crippen molar-refractivity contribution in [1.82, 2.24) is 0 Å². The van der Waals surface area contributed by atoms with Crippen LogP contribution in [0.4, 0.5) is 5.69 Å². The number of carbonyl (C=O) groups is 2. The molecule has 22 heavy (non-hydrogen) atoms. The fourth-order valence-corrected chi connectivity index (χ4v) is 1.47. The first-order valence-electron chi connectivity index (χ1n) is 6.40. The standard InChI is InChI=1S/C15H18BrNO5/c1-9(2)13(18)17-10-5-6-12(11(7-10)14(19)20)21-8-22-15(3,4)16/h5-7H,1,8H2,2-4H3,(H,17,18)(H,19,20). The highest BCUT2D eigenvalue weighted by Crippen LogP contribution is 2.24. The lowest BCUT2D eigenvalue weighted by molar-refractivity contribution is -0.112. The molecule has 6 nitrogen and oxygen atoms in total. The van der Waals surface area contributed by atoms with Gasteiger partial charge in [-0.15, -0.1) is 0 Å². The Balaban J connectivity index is 2.88. The van der Waals surface area contributed by atoms with Gasteiger partial charge in [-0.1, -0.05) is 22.5 Å². The molecule has 0 aromatic heterocycles. The van der Waals surface area contributed by atoms with E-state index in [4.69, 9.17) is 9.47 Å². The number of carboxylic acid groups (broad SMARTS) is 1. The number of halogens is 1. The number of benzene rings is 1. The maximum Gasteiger partial charge on any atom is 0.339 e. The van der Waals surface area contributed by atoms with Gasteiger partial charge < -0.3 is 19.9 Å². The molecular weight excluding hydrogens is 354 g/mol. The van der Waals surface area contributed by atoms with Gasteiger partial charge in [0.2, 0.25) is 0 Å². The molecule has 1 amide bonds. The molecule has 120 valence electrons. The van der Waals surface area contributed by atoms with Crippen LogP contribution in [0.5, 0.6) is 5.75 Å². The average molecular weight is 372 g/mol. The fourth-order valence-electron chi connectivity index (χ4n) is 1.37. The van der Waals surface area contributed by atoms with Crippen molar-refractivity contribution in [2.24, 2.45) is 0 Å². The van der Waals surface area contributed by atoms with E-state index in [0.29, 0.717) is 11.3 Å². The second-order valence-corrected chi connectivity index (χ2v) is 6.93. The Morgan fingerprint density at radius 3 is 2.55 bits per heavy atom. The molecule has 2 N–H and O–H groups in total. The zero-order chi connectivity index (χ0) is 16.9. The Morgan fingerprint density at radius 2 is 2.05 bits per heavy atom. The van der Waals surface area contributed by atoms with Gasteiger partial charge in [0.05, 0.1) is 0 Å². The third kappa shape index (κ3) is 5.87. The van der Waals surface area contributed by atoms with Gasteiger partial charge in [0.1, 0.15) is 15.8 Å². The van der Waals surface area contributed by atoms with Crippen molar-refractivity contribution in [1.29, 1.82) is 0 Å². The summed E-state index contributed by atoms with van der Waals surface area (Å²) in [6.45, 7) is 8.53. The van der Waals surface area contributed by atoms with E-state index >= 15 is 0 Å². The number of aromatic carboxylic acids is 1. The van der Waals surface area contributed by atoms with Gasteiger partial charge in [-0.25, -0.2) is 4.79 Å². The van der Waals surface area contributed by atoms with Gasteiger partial charge in [-0.3, -0.25) is 4.79 Å². The summed E-state index contributed by atoms with van der Waals surface area (Å²) in [6.07, 6.45) is 0. The van der Waals surface area contributed by atoms with E-state index in [1.807, 2.05) is 0 Å². The second kappa shape index (κ2) is 7.42. The van der Waals surface area contributed by atoms with Gasteiger partial charge in [0, 0.05) is 11.3 Å². The summed E-state index contributed by atoms with van der Waals surface area (Å²) >= 11 is 3.28. The number of rotatable bonds is 7. The molecule has 0 radical (unpaired) electrons. The number of carboxylic acids is 1. The Bertz CT molecular complexity index is 592. The molecule has 0 saturated carbocycles. The van der Waals surface area contributed by atoms with E-state index in [0.717, 1.165) is 0 Å². The third-order valence-electron chi connectivity index (χ3n) is 2.47. The molecule has 0 bridgehead atoms. The van der Waals surface area contributed by atoms with Gasteiger partial charge >= 0.3 is 5.97 Å². The van der Waals surface area contributed by atoms with Crippen molar-refractivity contribution in [2.75, 3.05) is 12.1 Å².